The van der Waals surface area contributed by atoms with Gasteiger partial charge in [0.1, 0.15) is 47.0 Å². The van der Waals surface area contributed by atoms with Gasteiger partial charge in [0, 0.05) is 24.3 Å². The van der Waals surface area contributed by atoms with Crippen molar-refractivity contribution in [1.82, 2.24) is 30.2 Å². The number of aromatic nitrogens is 2. The lowest BCUT2D eigenvalue weighted by atomic mass is 10.1. The normalized spacial score (nSPS) is 26.5. The van der Waals surface area contributed by atoms with E-state index in [1.807, 2.05) is 6.08 Å². The quantitative estimate of drug-likeness (QED) is 0.280. The van der Waals surface area contributed by atoms with E-state index in [9.17, 15) is 27.6 Å². The maximum atomic E-state index is 14.5. The van der Waals surface area contributed by atoms with Gasteiger partial charge in [-0.1, -0.05) is 12.2 Å². The Morgan fingerprint density at radius 1 is 1.14 bits per heavy atom. The van der Waals surface area contributed by atoms with Crippen molar-refractivity contribution in [2.45, 2.75) is 93.9 Å². The van der Waals surface area contributed by atoms with Gasteiger partial charge in [0.15, 0.2) is 0 Å². The summed E-state index contributed by atoms with van der Waals surface area (Å²) in [7, 11) is -2.38. The summed E-state index contributed by atoms with van der Waals surface area (Å²) in [5.74, 6) is -1.65. The van der Waals surface area contributed by atoms with E-state index >= 15 is 0 Å². The first-order valence-corrected chi connectivity index (χ1v) is 20.2. The molecule has 1 aromatic carbocycles. The minimum Gasteiger partial charge on any atom is -0.497 e. The zero-order valence-electron chi connectivity index (χ0n) is 31.6. The minimum atomic E-state index is -3.93. The first-order valence-electron chi connectivity index (χ1n) is 18.6. The number of allylic oxidation sites excluding steroid dienone is 1. The summed E-state index contributed by atoms with van der Waals surface area (Å²) in [6, 6.07) is 4.63. The number of nitrogens with one attached hydrogen (secondary N) is 3. The zero-order chi connectivity index (χ0) is 39.8. The summed E-state index contributed by atoms with van der Waals surface area (Å²) >= 11 is 0. The zero-order valence-corrected chi connectivity index (χ0v) is 32.4. The summed E-state index contributed by atoms with van der Waals surface area (Å²) in [5, 5.41) is 6.11. The molecule has 0 unspecified atom stereocenters. The lowest BCUT2D eigenvalue weighted by Gasteiger charge is -2.30. The van der Waals surface area contributed by atoms with Crippen LogP contribution in [0, 0.1) is 5.92 Å². The maximum absolute atomic E-state index is 14.5. The molecule has 4 heterocycles. The van der Waals surface area contributed by atoms with E-state index in [1.165, 1.54) is 17.4 Å². The van der Waals surface area contributed by atoms with Crippen molar-refractivity contribution in [3.8, 4) is 23.2 Å². The molecule has 3 aromatic rings. The largest absolute Gasteiger partial charge is 0.497 e. The molecule has 1 saturated heterocycles. The second kappa shape index (κ2) is 15.4. The fraction of sp³-hybridized carbons (Fsp3) is 0.526. The SMILES string of the molecule is COc1ccc2c(O[C@@H]3C[C@H]4C(=O)N[C@]5(C(=O)NS(=O)(=O)C6CC6)C[C@H]5/C=C\CCCOC[C@H](NC(=O)OC(C)(C)C)C(=O)N4C3)nc(-c3ncco3)cc2c1. The molecule has 2 aliphatic carbocycles. The van der Waals surface area contributed by atoms with Gasteiger partial charge in [-0.25, -0.2) is 23.2 Å². The molecule has 17 nitrogen and oxygen atoms in total. The van der Waals surface area contributed by atoms with Gasteiger partial charge in [-0.05, 0) is 82.5 Å². The van der Waals surface area contributed by atoms with Crippen LogP contribution in [0.3, 0.4) is 0 Å². The predicted molar refractivity (Wildman–Crippen MR) is 200 cm³/mol. The van der Waals surface area contributed by atoms with Gasteiger partial charge in [0.05, 0.1) is 31.7 Å². The summed E-state index contributed by atoms with van der Waals surface area (Å²) in [6.45, 7) is 4.99. The number of oxazole rings is 1. The van der Waals surface area contributed by atoms with Crippen molar-refractivity contribution in [3.05, 3.63) is 48.9 Å². The fourth-order valence-electron chi connectivity index (χ4n) is 6.97. The second-order valence-corrected chi connectivity index (χ2v) is 17.5. The number of hydrogen-bond acceptors (Lipinski definition) is 13. The molecular formula is C38H46N6O11S. The minimum absolute atomic E-state index is 0.0429. The van der Waals surface area contributed by atoms with Crippen LogP contribution in [-0.2, 0) is 33.9 Å². The number of carbonyl (C=O) groups excluding carboxylic acids is 4. The van der Waals surface area contributed by atoms with Gasteiger partial charge in [-0.2, -0.15) is 0 Å². The average Bonchev–Trinajstić information content (AvgIpc) is 4.00. The number of hydrogen-bond donors (Lipinski definition) is 3. The van der Waals surface area contributed by atoms with Crippen LogP contribution in [0.25, 0.3) is 22.4 Å². The highest BCUT2D eigenvalue weighted by Gasteiger charge is 2.62. The van der Waals surface area contributed by atoms with E-state index in [0.29, 0.717) is 47.9 Å². The Morgan fingerprint density at radius 3 is 2.66 bits per heavy atom. The number of rotatable bonds is 8. The molecule has 18 heteroatoms. The van der Waals surface area contributed by atoms with Gasteiger partial charge < -0.3 is 38.9 Å². The summed E-state index contributed by atoms with van der Waals surface area (Å²) in [5.41, 5.74) is -2.06. The van der Waals surface area contributed by atoms with Crippen LogP contribution in [0.15, 0.2) is 53.3 Å². The molecule has 2 aliphatic heterocycles. The Labute approximate surface area is 323 Å². The van der Waals surface area contributed by atoms with E-state index in [1.54, 1.807) is 58.2 Å². The van der Waals surface area contributed by atoms with E-state index < -0.39 is 74.3 Å². The monoisotopic (exact) mass is 794 g/mol. The number of methoxy groups -OCH3 is 1. The molecule has 4 amide bonds. The number of alkyl carbamates (subject to hydrolysis) is 1. The Morgan fingerprint density at radius 2 is 1.95 bits per heavy atom. The summed E-state index contributed by atoms with van der Waals surface area (Å²) in [6.07, 6.45) is 7.02. The Bertz CT molecular complexity index is 2130. The van der Waals surface area contributed by atoms with Crippen molar-refractivity contribution in [3.63, 3.8) is 0 Å². The molecule has 3 N–H and O–H groups in total. The number of amides is 4. The van der Waals surface area contributed by atoms with Crippen molar-refractivity contribution in [1.29, 1.82) is 0 Å². The third-order valence-electron chi connectivity index (χ3n) is 10.0. The first kappa shape index (κ1) is 39.0. The molecule has 300 valence electrons. The lowest BCUT2D eigenvalue weighted by molar-refractivity contribution is -0.142. The van der Waals surface area contributed by atoms with E-state index in [2.05, 4.69) is 20.3 Å². The van der Waals surface area contributed by atoms with Crippen LogP contribution in [0.2, 0.25) is 0 Å². The van der Waals surface area contributed by atoms with E-state index in [4.69, 9.17) is 28.3 Å². The Kier molecular flexibility index (Phi) is 10.7. The van der Waals surface area contributed by atoms with Crippen molar-refractivity contribution in [2.24, 2.45) is 5.92 Å². The number of carbonyl (C=O) groups is 4. The first-order chi connectivity index (χ1) is 26.7. The molecule has 5 atom stereocenters. The van der Waals surface area contributed by atoms with Crippen molar-refractivity contribution in [2.75, 3.05) is 26.9 Å². The Hall–Kier alpha value is -5.23. The number of fused-ring (bicyclic) bond motifs is 3. The Balaban J connectivity index is 1.22. The molecule has 56 heavy (non-hydrogen) atoms. The van der Waals surface area contributed by atoms with Gasteiger partial charge in [0.2, 0.25) is 33.6 Å². The summed E-state index contributed by atoms with van der Waals surface area (Å²) in [4.78, 5) is 65.9. The second-order valence-electron chi connectivity index (χ2n) is 15.5. The standard InChI is InChI=1S/C38H46N6O11S/c1-37(2,3)55-36(48)41-29-21-52-14-7-5-6-8-23-19-38(23,35(47)43-56(49,50)26-10-11-26)42-31(45)30-18-25(20-44(30)34(29)46)54-32-27-12-9-24(51-4)16-22(27)17-28(40-32)33-39-13-15-53-33/h6,8-9,12-13,15-17,23,25-26,29-30H,5,7,10-11,14,18-21H2,1-4H3,(H,41,48)(H,42,45)(H,43,47)/b8-6-/t23-,25-,29+,30+,38-/m1/s1. The third kappa shape index (κ3) is 8.60. The fourth-order valence-corrected chi connectivity index (χ4v) is 8.33. The van der Waals surface area contributed by atoms with Crippen LogP contribution in [0.5, 0.6) is 11.6 Å². The molecule has 0 spiro atoms. The highest BCUT2D eigenvalue weighted by atomic mass is 32.2. The molecule has 0 radical (unpaired) electrons. The van der Waals surface area contributed by atoms with Gasteiger partial charge >= 0.3 is 6.09 Å². The number of benzene rings is 1. The molecule has 2 aromatic heterocycles. The highest BCUT2D eigenvalue weighted by molar-refractivity contribution is 7.91. The predicted octanol–water partition coefficient (Wildman–Crippen LogP) is 2.99. The average molecular weight is 795 g/mol. The van der Waals surface area contributed by atoms with Crippen LogP contribution in [0.4, 0.5) is 4.79 Å². The van der Waals surface area contributed by atoms with Crippen LogP contribution >= 0.6 is 0 Å². The van der Waals surface area contributed by atoms with Crippen molar-refractivity contribution < 1.29 is 51.0 Å². The molecule has 0 bridgehead atoms. The number of nitrogens with zero attached hydrogens (tertiary/aromatic N) is 3. The number of sulfonamides is 1. The van der Waals surface area contributed by atoms with Crippen LogP contribution in [-0.4, -0.2) is 109 Å². The van der Waals surface area contributed by atoms with E-state index in [0.717, 1.165) is 0 Å². The smallest absolute Gasteiger partial charge is 0.408 e. The number of ether oxygens (including phenoxy) is 4. The molecule has 3 fully saturated rings. The van der Waals surface area contributed by atoms with Gasteiger partial charge in [0.25, 0.3) is 5.91 Å². The highest BCUT2D eigenvalue weighted by Crippen LogP contribution is 2.46. The van der Waals surface area contributed by atoms with Crippen LogP contribution < -0.4 is 24.8 Å². The number of pyridine rings is 1. The van der Waals surface area contributed by atoms with Crippen LogP contribution in [0.1, 0.15) is 59.3 Å². The molecule has 4 aliphatic rings. The van der Waals surface area contributed by atoms with Crippen molar-refractivity contribution >= 4 is 44.6 Å². The lowest BCUT2D eigenvalue weighted by Crippen LogP contribution is -2.59. The van der Waals surface area contributed by atoms with Gasteiger partial charge in [-0.15, -0.1) is 0 Å². The summed E-state index contributed by atoms with van der Waals surface area (Å²) < 4.78 is 56.7. The van der Waals surface area contributed by atoms with E-state index in [-0.39, 0.29) is 44.4 Å². The molecule has 2 saturated carbocycles. The van der Waals surface area contributed by atoms with Gasteiger partial charge in [-0.3, -0.25) is 19.1 Å². The topological polar surface area (TPSA) is 218 Å². The molecular weight excluding hydrogens is 749 g/mol. The maximum Gasteiger partial charge on any atom is 0.408 e. The third-order valence-corrected chi connectivity index (χ3v) is 11.9. The molecule has 7 rings (SSSR count).